The topological polar surface area (TPSA) is 44.4 Å². The van der Waals surface area contributed by atoms with Gasteiger partial charge >= 0.3 is 6.03 Å². The summed E-state index contributed by atoms with van der Waals surface area (Å²) in [4.78, 5) is 14.2. The first-order valence-electron chi connectivity index (χ1n) is 7.36. The number of nitrogens with zero attached hydrogens (tertiary/aromatic N) is 1. The van der Waals surface area contributed by atoms with Crippen LogP contribution in [0, 0.1) is 0 Å². The summed E-state index contributed by atoms with van der Waals surface area (Å²) in [6, 6.07) is 12.2. The summed E-state index contributed by atoms with van der Waals surface area (Å²) in [6.07, 6.45) is 0. The van der Waals surface area contributed by atoms with Crippen LogP contribution in [0.25, 0.3) is 10.1 Å². The van der Waals surface area contributed by atoms with Crippen molar-refractivity contribution in [1.29, 1.82) is 0 Å². The number of thiophene rings is 2. The molecule has 2 heterocycles. The minimum Gasteiger partial charge on any atom is -0.336 e. The maximum Gasteiger partial charge on any atom is 0.319 e. The Morgan fingerprint density at radius 1 is 1.17 bits per heavy atom. The molecule has 1 unspecified atom stereocenters. The molecule has 0 spiro atoms. The second-order valence-electron chi connectivity index (χ2n) is 5.48. The van der Waals surface area contributed by atoms with E-state index in [4.69, 9.17) is 0 Å². The quantitative estimate of drug-likeness (QED) is 0.720. The van der Waals surface area contributed by atoms with Crippen molar-refractivity contribution in [3.63, 3.8) is 0 Å². The van der Waals surface area contributed by atoms with Crippen molar-refractivity contribution in [2.75, 3.05) is 26.0 Å². The predicted octanol–water partition coefficient (Wildman–Crippen LogP) is 4.39. The van der Waals surface area contributed by atoms with Gasteiger partial charge in [0.2, 0.25) is 0 Å². The van der Waals surface area contributed by atoms with E-state index < -0.39 is 0 Å². The highest BCUT2D eigenvalue weighted by Gasteiger charge is 2.19. The number of carbonyl (C=O) groups is 1. The molecular formula is C17H19N3OS2. The van der Waals surface area contributed by atoms with Crippen LogP contribution >= 0.6 is 22.7 Å². The van der Waals surface area contributed by atoms with Gasteiger partial charge in [0, 0.05) is 11.2 Å². The summed E-state index contributed by atoms with van der Waals surface area (Å²) in [5.74, 6) is 0. The standard InChI is InChI=1S/C17H19N3OS2/c1-20(2)14(10-18-17(21)19-16-8-5-9-22-16)13-11-23-15-7-4-3-6-12(13)15/h3-9,11,14H,10H2,1-2H3,(H2,18,19,21). The Labute approximate surface area is 143 Å². The van der Waals surface area contributed by atoms with E-state index in [0.29, 0.717) is 6.54 Å². The molecule has 0 bridgehead atoms. The highest BCUT2D eigenvalue weighted by molar-refractivity contribution is 7.17. The number of amides is 2. The first-order valence-corrected chi connectivity index (χ1v) is 9.12. The maximum absolute atomic E-state index is 12.0. The van der Waals surface area contributed by atoms with E-state index in [1.807, 2.05) is 31.6 Å². The van der Waals surface area contributed by atoms with Crippen LogP contribution in [0.15, 0.2) is 47.2 Å². The van der Waals surface area contributed by atoms with E-state index >= 15 is 0 Å². The normalized spacial score (nSPS) is 12.5. The summed E-state index contributed by atoms with van der Waals surface area (Å²) in [5.41, 5.74) is 1.26. The Balaban J connectivity index is 1.71. The molecule has 3 rings (SSSR count). The molecule has 0 aliphatic carbocycles. The number of hydrogen-bond acceptors (Lipinski definition) is 4. The molecule has 0 saturated heterocycles. The van der Waals surface area contributed by atoms with E-state index in [9.17, 15) is 4.79 Å². The number of rotatable bonds is 5. The zero-order valence-corrected chi connectivity index (χ0v) is 14.7. The predicted molar refractivity (Wildman–Crippen MR) is 99.6 cm³/mol. The monoisotopic (exact) mass is 345 g/mol. The van der Waals surface area contributed by atoms with Gasteiger partial charge in [-0.15, -0.1) is 22.7 Å². The van der Waals surface area contributed by atoms with Gasteiger partial charge in [-0.3, -0.25) is 5.32 Å². The zero-order chi connectivity index (χ0) is 16.2. The lowest BCUT2D eigenvalue weighted by molar-refractivity contribution is 0.243. The molecule has 0 aliphatic heterocycles. The van der Waals surface area contributed by atoms with Crippen LogP contribution in [0.5, 0.6) is 0 Å². The van der Waals surface area contributed by atoms with E-state index in [0.717, 1.165) is 5.00 Å². The van der Waals surface area contributed by atoms with Crippen LogP contribution in [0.4, 0.5) is 9.80 Å². The molecule has 0 saturated carbocycles. The molecule has 2 aromatic heterocycles. The number of carbonyl (C=O) groups excluding carboxylic acids is 1. The zero-order valence-electron chi connectivity index (χ0n) is 13.1. The van der Waals surface area contributed by atoms with Crippen molar-refractivity contribution < 1.29 is 4.79 Å². The number of fused-ring (bicyclic) bond motifs is 1. The molecule has 120 valence electrons. The van der Waals surface area contributed by atoms with Crippen LogP contribution in [-0.4, -0.2) is 31.6 Å². The summed E-state index contributed by atoms with van der Waals surface area (Å²) in [7, 11) is 4.08. The van der Waals surface area contributed by atoms with E-state index in [1.165, 1.54) is 27.0 Å². The molecule has 4 nitrogen and oxygen atoms in total. The summed E-state index contributed by atoms with van der Waals surface area (Å²) >= 11 is 3.26. The smallest absolute Gasteiger partial charge is 0.319 e. The van der Waals surface area contributed by atoms with Gasteiger partial charge in [0.15, 0.2) is 0 Å². The number of anilines is 1. The van der Waals surface area contributed by atoms with E-state index in [-0.39, 0.29) is 12.1 Å². The maximum atomic E-state index is 12.0. The van der Waals surface area contributed by atoms with Crippen LogP contribution in [0.1, 0.15) is 11.6 Å². The Bertz CT molecular complexity index is 780. The average Bonchev–Trinajstić information content (AvgIpc) is 3.17. The summed E-state index contributed by atoms with van der Waals surface area (Å²) in [6.45, 7) is 0.560. The average molecular weight is 345 g/mol. The second kappa shape index (κ2) is 7.12. The molecule has 1 atom stereocenters. The van der Waals surface area contributed by atoms with Crippen molar-refractivity contribution >= 4 is 43.8 Å². The number of nitrogens with one attached hydrogen (secondary N) is 2. The first kappa shape index (κ1) is 16.0. The van der Waals surface area contributed by atoms with E-state index in [2.05, 4.69) is 45.2 Å². The Morgan fingerprint density at radius 2 is 2.00 bits per heavy atom. The molecule has 2 N–H and O–H groups in total. The van der Waals surface area contributed by atoms with Gasteiger partial charge < -0.3 is 10.2 Å². The van der Waals surface area contributed by atoms with Gasteiger partial charge in [0.05, 0.1) is 11.0 Å². The molecular weight excluding hydrogens is 326 g/mol. The lowest BCUT2D eigenvalue weighted by atomic mass is 10.0. The minimum absolute atomic E-state index is 0.139. The number of likely N-dealkylation sites (N-methyl/N-ethyl adjacent to an activating group) is 1. The van der Waals surface area contributed by atoms with Crippen LogP contribution in [0.3, 0.4) is 0 Å². The minimum atomic E-state index is -0.168. The Hall–Kier alpha value is -1.89. The van der Waals surface area contributed by atoms with Crippen LogP contribution in [-0.2, 0) is 0 Å². The highest BCUT2D eigenvalue weighted by atomic mass is 32.1. The number of urea groups is 1. The molecule has 1 aromatic carbocycles. The van der Waals surface area contributed by atoms with Crippen molar-refractivity contribution in [1.82, 2.24) is 10.2 Å². The fraction of sp³-hybridized carbons (Fsp3) is 0.235. The van der Waals surface area contributed by atoms with Gasteiger partial charge in [-0.05, 0) is 54.0 Å². The fourth-order valence-electron chi connectivity index (χ4n) is 2.52. The van der Waals surface area contributed by atoms with Crippen LogP contribution in [0.2, 0.25) is 0 Å². The van der Waals surface area contributed by atoms with Gasteiger partial charge in [-0.2, -0.15) is 0 Å². The summed E-state index contributed by atoms with van der Waals surface area (Å²) < 4.78 is 1.28. The number of hydrogen-bond donors (Lipinski definition) is 2. The lowest BCUT2D eigenvalue weighted by Gasteiger charge is -2.24. The third-order valence-corrected chi connectivity index (χ3v) is 5.47. The molecule has 0 fully saturated rings. The Morgan fingerprint density at radius 3 is 2.74 bits per heavy atom. The molecule has 6 heteroatoms. The van der Waals surface area contributed by atoms with Crippen molar-refractivity contribution in [3.8, 4) is 0 Å². The lowest BCUT2D eigenvalue weighted by Crippen LogP contribution is -2.36. The Kier molecular flexibility index (Phi) is 4.95. The molecule has 23 heavy (non-hydrogen) atoms. The fourth-order valence-corrected chi connectivity index (χ4v) is 4.14. The number of benzene rings is 1. The van der Waals surface area contributed by atoms with Crippen molar-refractivity contribution in [3.05, 3.63) is 52.7 Å². The SMILES string of the molecule is CN(C)C(CNC(=O)Nc1cccs1)c1csc2ccccc12. The second-order valence-corrected chi connectivity index (χ2v) is 7.34. The first-order chi connectivity index (χ1) is 11.1. The molecule has 3 aromatic rings. The molecule has 0 aliphatic rings. The van der Waals surface area contributed by atoms with Gasteiger partial charge in [0.25, 0.3) is 0 Å². The van der Waals surface area contributed by atoms with Gasteiger partial charge in [0.1, 0.15) is 0 Å². The summed E-state index contributed by atoms with van der Waals surface area (Å²) in [5, 5.41) is 12.1. The van der Waals surface area contributed by atoms with E-state index in [1.54, 1.807) is 11.3 Å². The van der Waals surface area contributed by atoms with Crippen molar-refractivity contribution in [2.24, 2.45) is 0 Å². The van der Waals surface area contributed by atoms with Crippen molar-refractivity contribution in [2.45, 2.75) is 6.04 Å². The third-order valence-electron chi connectivity index (χ3n) is 3.71. The molecule has 0 radical (unpaired) electrons. The van der Waals surface area contributed by atoms with Gasteiger partial charge in [-0.1, -0.05) is 18.2 Å². The largest absolute Gasteiger partial charge is 0.336 e. The van der Waals surface area contributed by atoms with Gasteiger partial charge in [-0.25, -0.2) is 4.79 Å². The van der Waals surface area contributed by atoms with Crippen LogP contribution < -0.4 is 10.6 Å². The highest BCUT2D eigenvalue weighted by Crippen LogP contribution is 2.32. The molecule has 2 amide bonds. The third kappa shape index (κ3) is 3.72.